The van der Waals surface area contributed by atoms with Gasteiger partial charge in [-0.15, -0.1) is 0 Å². The lowest BCUT2D eigenvalue weighted by molar-refractivity contribution is 0.0231. The molecule has 1 amide bonds. The third-order valence-electron chi connectivity index (χ3n) is 4.84. The van der Waals surface area contributed by atoms with E-state index in [-0.39, 0.29) is 6.09 Å². The average molecular weight is 310 g/mol. The largest absolute Gasteiger partial charge is 0.444 e. The molecule has 2 fully saturated rings. The summed E-state index contributed by atoms with van der Waals surface area (Å²) >= 11 is 0. The summed E-state index contributed by atoms with van der Waals surface area (Å²) in [6.07, 6.45) is 7.04. The minimum absolute atomic E-state index is 0.142. The highest BCUT2D eigenvalue weighted by atomic mass is 16.6. The fourth-order valence-corrected chi connectivity index (χ4v) is 3.36. The predicted octanol–water partition coefficient (Wildman–Crippen LogP) is 3.94. The van der Waals surface area contributed by atoms with Crippen LogP contribution in [0.25, 0.3) is 0 Å². The fraction of sp³-hybridized carbons (Fsp3) is 0.944. The maximum Gasteiger partial charge on any atom is 0.410 e. The van der Waals surface area contributed by atoms with Gasteiger partial charge in [0.15, 0.2) is 0 Å². The van der Waals surface area contributed by atoms with Gasteiger partial charge in [-0.2, -0.15) is 0 Å². The van der Waals surface area contributed by atoms with Crippen LogP contribution >= 0.6 is 0 Å². The first-order valence-electron chi connectivity index (χ1n) is 8.92. The van der Waals surface area contributed by atoms with Crippen molar-refractivity contribution in [2.45, 2.75) is 90.8 Å². The molecule has 0 aromatic rings. The molecule has 0 bridgehead atoms. The Morgan fingerprint density at radius 3 is 2.45 bits per heavy atom. The smallest absolute Gasteiger partial charge is 0.410 e. The molecular weight excluding hydrogens is 276 g/mol. The number of hydrogen-bond acceptors (Lipinski definition) is 3. The van der Waals surface area contributed by atoms with Gasteiger partial charge in [0.25, 0.3) is 0 Å². The van der Waals surface area contributed by atoms with Crippen molar-refractivity contribution >= 4 is 6.09 Å². The van der Waals surface area contributed by atoms with Gasteiger partial charge in [-0.05, 0) is 64.8 Å². The first kappa shape index (κ1) is 17.6. The first-order valence-corrected chi connectivity index (χ1v) is 8.92. The molecule has 2 aliphatic carbocycles. The number of rotatable bonds is 6. The number of nitrogens with one attached hydrogen (secondary N) is 1. The summed E-state index contributed by atoms with van der Waals surface area (Å²) in [5.74, 6) is 0. The zero-order valence-corrected chi connectivity index (χ0v) is 15.1. The van der Waals surface area contributed by atoms with Gasteiger partial charge in [0.1, 0.15) is 5.60 Å². The Bertz CT molecular complexity index is 383. The molecule has 2 aliphatic rings. The Hall–Kier alpha value is -0.770. The van der Waals surface area contributed by atoms with Crippen molar-refractivity contribution in [3.05, 3.63) is 0 Å². The molecule has 1 atom stereocenters. The summed E-state index contributed by atoms with van der Waals surface area (Å²) in [5, 5.41) is 3.69. The topological polar surface area (TPSA) is 41.6 Å². The monoisotopic (exact) mass is 310 g/mol. The molecule has 0 aliphatic heterocycles. The Morgan fingerprint density at radius 2 is 1.95 bits per heavy atom. The van der Waals surface area contributed by atoms with Crippen molar-refractivity contribution in [2.75, 3.05) is 13.1 Å². The molecule has 1 unspecified atom stereocenters. The summed E-state index contributed by atoms with van der Waals surface area (Å²) in [6, 6.07) is 1.04. The number of carbonyl (C=O) groups is 1. The van der Waals surface area contributed by atoms with Crippen LogP contribution in [0.4, 0.5) is 4.79 Å². The van der Waals surface area contributed by atoms with E-state index in [9.17, 15) is 4.79 Å². The van der Waals surface area contributed by atoms with E-state index >= 15 is 0 Å². The highest BCUT2D eigenvalue weighted by Gasteiger charge is 2.36. The van der Waals surface area contributed by atoms with Crippen molar-refractivity contribution in [1.29, 1.82) is 0 Å². The van der Waals surface area contributed by atoms with Gasteiger partial charge >= 0.3 is 6.09 Å². The van der Waals surface area contributed by atoms with Crippen LogP contribution in [0.5, 0.6) is 0 Å². The Morgan fingerprint density at radius 1 is 1.27 bits per heavy atom. The molecule has 2 rings (SSSR count). The molecule has 0 aromatic heterocycles. The van der Waals surface area contributed by atoms with E-state index in [4.69, 9.17) is 4.74 Å². The van der Waals surface area contributed by atoms with Crippen LogP contribution in [0.3, 0.4) is 0 Å². The normalized spacial score (nSPS) is 24.3. The van der Waals surface area contributed by atoms with Crippen LogP contribution in [0.15, 0.2) is 0 Å². The van der Waals surface area contributed by atoms with Crippen molar-refractivity contribution in [1.82, 2.24) is 10.2 Å². The number of hydrogen-bond donors (Lipinski definition) is 1. The van der Waals surface area contributed by atoms with E-state index < -0.39 is 5.60 Å². The van der Waals surface area contributed by atoms with Crippen molar-refractivity contribution < 1.29 is 9.53 Å². The highest BCUT2D eigenvalue weighted by Crippen LogP contribution is 2.37. The lowest BCUT2D eigenvalue weighted by Crippen LogP contribution is -2.41. The Kier molecular flexibility index (Phi) is 5.41. The van der Waals surface area contributed by atoms with Crippen LogP contribution in [-0.2, 0) is 4.74 Å². The van der Waals surface area contributed by atoms with Crippen molar-refractivity contribution in [2.24, 2.45) is 5.41 Å². The second-order valence-electron chi connectivity index (χ2n) is 8.65. The van der Waals surface area contributed by atoms with E-state index in [2.05, 4.69) is 19.2 Å². The molecule has 0 saturated heterocycles. The zero-order chi connectivity index (χ0) is 16.4. The lowest BCUT2D eigenvalue weighted by atomic mass is 9.87. The molecule has 4 heteroatoms. The number of ether oxygens (including phenoxy) is 1. The Labute approximate surface area is 136 Å². The maximum absolute atomic E-state index is 12.3. The lowest BCUT2D eigenvalue weighted by Gasteiger charge is -2.29. The molecule has 0 radical (unpaired) electrons. The molecule has 22 heavy (non-hydrogen) atoms. The van der Waals surface area contributed by atoms with Gasteiger partial charge in [-0.3, -0.25) is 0 Å². The van der Waals surface area contributed by atoms with E-state index in [1.54, 1.807) is 0 Å². The summed E-state index contributed by atoms with van der Waals surface area (Å²) in [6.45, 7) is 12.3. The average Bonchev–Trinajstić information content (AvgIpc) is 3.12. The Balaban J connectivity index is 1.72. The fourth-order valence-electron chi connectivity index (χ4n) is 3.36. The van der Waals surface area contributed by atoms with Gasteiger partial charge in [0, 0.05) is 18.6 Å². The zero-order valence-electron chi connectivity index (χ0n) is 15.1. The van der Waals surface area contributed by atoms with E-state index in [1.165, 1.54) is 19.3 Å². The van der Waals surface area contributed by atoms with Crippen LogP contribution < -0.4 is 5.32 Å². The van der Waals surface area contributed by atoms with E-state index in [0.29, 0.717) is 17.5 Å². The van der Waals surface area contributed by atoms with Gasteiger partial charge < -0.3 is 15.0 Å². The molecule has 0 aromatic carbocycles. The second-order valence-corrected chi connectivity index (χ2v) is 8.65. The van der Waals surface area contributed by atoms with Gasteiger partial charge in [-0.25, -0.2) is 4.79 Å². The molecule has 2 saturated carbocycles. The maximum atomic E-state index is 12.3. The SMILES string of the molecule is CC(C)(C)OC(=O)N(CCCNC1CCCC1(C)C)C1CC1. The summed E-state index contributed by atoms with van der Waals surface area (Å²) in [5.41, 5.74) is 0.0116. The minimum atomic E-state index is -0.406. The highest BCUT2D eigenvalue weighted by molar-refractivity contribution is 5.69. The molecule has 128 valence electrons. The number of amides is 1. The molecule has 0 heterocycles. The van der Waals surface area contributed by atoms with Crippen molar-refractivity contribution in [3.63, 3.8) is 0 Å². The van der Waals surface area contributed by atoms with Crippen LogP contribution in [0.2, 0.25) is 0 Å². The van der Waals surface area contributed by atoms with Gasteiger partial charge in [0.2, 0.25) is 0 Å². The minimum Gasteiger partial charge on any atom is -0.444 e. The number of nitrogens with zero attached hydrogens (tertiary/aromatic N) is 1. The molecule has 0 spiro atoms. The summed E-state index contributed by atoms with van der Waals surface area (Å²) in [4.78, 5) is 14.2. The van der Waals surface area contributed by atoms with E-state index in [1.807, 2.05) is 25.7 Å². The third kappa shape index (κ3) is 5.15. The van der Waals surface area contributed by atoms with Gasteiger partial charge in [-0.1, -0.05) is 20.3 Å². The first-order chi connectivity index (χ1) is 10.2. The van der Waals surface area contributed by atoms with Gasteiger partial charge in [0.05, 0.1) is 0 Å². The van der Waals surface area contributed by atoms with E-state index in [0.717, 1.165) is 32.4 Å². The third-order valence-corrected chi connectivity index (χ3v) is 4.84. The van der Waals surface area contributed by atoms with Crippen molar-refractivity contribution in [3.8, 4) is 0 Å². The van der Waals surface area contributed by atoms with Crippen LogP contribution in [0.1, 0.15) is 73.1 Å². The molecule has 4 nitrogen and oxygen atoms in total. The molecular formula is C18H34N2O2. The molecule has 1 N–H and O–H groups in total. The quantitative estimate of drug-likeness (QED) is 0.755. The standard InChI is InChI=1S/C18H34N2O2/c1-17(2,3)22-16(21)20(14-9-10-14)13-7-12-19-15-8-6-11-18(15,4)5/h14-15,19H,6-13H2,1-5H3. The summed E-state index contributed by atoms with van der Waals surface area (Å²) in [7, 11) is 0. The summed E-state index contributed by atoms with van der Waals surface area (Å²) < 4.78 is 5.53. The number of carbonyl (C=O) groups excluding carboxylic acids is 1. The van der Waals surface area contributed by atoms with Crippen LogP contribution in [-0.4, -0.2) is 41.8 Å². The van der Waals surface area contributed by atoms with Crippen LogP contribution in [0, 0.1) is 5.41 Å². The predicted molar refractivity (Wildman–Crippen MR) is 90.0 cm³/mol. The second kappa shape index (κ2) is 6.77.